The van der Waals surface area contributed by atoms with E-state index in [9.17, 15) is 4.79 Å². The van der Waals surface area contributed by atoms with Crippen LogP contribution in [-0.4, -0.2) is 5.91 Å². The minimum Gasteiger partial charge on any atom is -0.488 e. The lowest BCUT2D eigenvalue weighted by molar-refractivity contribution is 0.0974. The lowest BCUT2D eigenvalue weighted by Gasteiger charge is -2.38. The molecule has 4 heteroatoms. The van der Waals surface area contributed by atoms with E-state index in [0.717, 1.165) is 33.8 Å². The van der Waals surface area contributed by atoms with E-state index in [1.54, 1.807) is 0 Å². The molecular weight excluding hydrogens is 396 g/mol. The largest absolute Gasteiger partial charge is 0.488 e. The Labute approximate surface area is 188 Å². The Kier molecular flexibility index (Phi) is 5.34. The van der Waals surface area contributed by atoms with E-state index in [-0.39, 0.29) is 5.91 Å². The molecule has 0 aliphatic carbocycles. The summed E-state index contributed by atoms with van der Waals surface area (Å²) in [4.78, 5) is 15.5. The Bertz CT molecular complexity index is 1250. The van der Waals surface area contributed by atoms with Crippen molar-refractivity contribution in [1.29, 1.82) is 0 Å². The number of aryl methyl sites for hydroxylation is 1. The van der Waals surface area contributed by atoms with Gasteiger partial charge < -0.3 is 10.1 Å². The fraction of sp³-hybridized carbons (Fsp3) is 0.107. The molecule has 1 N–H and O–H groups in total. The molecule has 1 heterocycles. The third kappa shape index (κ3) is 3.83. The van der Waals surface area contributed by atoms with E-state index in [0.29, 0.717) is 12.2 Å². The third-order valence-electron chi connectivity index (χ3n) is 5.66. The summed E-state index contributed by atoms with van der Waals surface area (Å²) in [5.41, 5.74) is 5.43. The number of amides is 1. The van der Waals surface area contributed by atoms with Crippen molar-refractivity contribution < 1.29 is 9.53 Å². The highest BCUT2D eigenvalue weighted by Gasteiger charge is 2.35. The van der Waals surface area contributed by atoms with E-state index in [1.165, 1.54) is 0 Å². The van der Waals surface area contributed by atoms with Gasteiger partial charge in [0.15, 0.2) is 0 Å². The zero-order chi connectivity index (χ0) is 21.9. The van der Waals surface area contributed by atoms with Crippen molar-refractivity contribution in [3.8, 4) is 5.75 Å². The minimum atomic E-state index is -0.397. The average molecular weight is 421 g/mol. The first-order valence-corrected chi connectivity index (χ1v) is 10.7. The van der Waals surface area contributed by atoms with Crippen LogP contribution in [0.3, 0.4) is 0 Å². The highest BCUT2D eigenvalue weighted by molar-refractivity contribution is 6.12. The van der Waals surface area contributed by atoms with Crippen LogP contribution in [0.4, 0.5) is 11.4 Å². The van der Waals surface area contributed by atoms with Crippen LogP contribution in [0.2, 0.25) is 0 Å². The summed E-state index contributed by atoms with van der Waals surface area (Å²) in [6.45, 7) is 2.49. The zero-order valence-electron chi connectivity index (χ0n) is 17.9. The highest BCUT2D eigenvalue weighted by atomic mass is 16.5. The summed E-state index contributed by atoms with van der Waals surface area (Å²) in [5.74, 6) is 0.714. The Morgan fingerprint density at radius 3 is 2.44 bits per heavy atom. The lowest BCUT2D eigenvalue weighted by Crippen LogP contribution is -2.43. The summed E-state index contributed by atoms with van der Waals surface area (Å²) in [6.07, 6.45) is -0.397. The Morgan fingerprint density at radius 1 is 0.844 bits per heavy atom. The zero-order valence-corrected chi connectivity index (χ0v) is 17.9. The summed E-state index contributed by atoms with van der Waals surface area (Å²) in [6, 6.07) is 33.7. The van der Waals surface area contributed by atoms with Gasteiger partial charge in [0.25, 0.3) is 5.91 Å². The minimum absolute atomic E-state index is 0.0344. The number of carbonyl (C=O) groups is 1. The van der Waals surface area contributed by atoms with Crippen LogP contribution in [0.1, 0.15) is 33.2 Å². The molecule has 0 radical (unpaired) electrons. The molecule has 4 aromatic carbocycles. The van der Waals surface area contributed by atoms with Crippen LogP contribution in [0.15, 0.2) is 103 Å². The smallest absolute Gasteiger partial charge is 0.262 e. The topological polar surface area (TPSA) is 41.6 Å². The molecule has 1 atom stereocenters. The van der Waals surface area contributed by atoms with E-state index >= 15 is 0 Å². The van der Waals surface area contributed by atoms with Gasteiger partial charge in [-0.05, 0) is 48.4 Å². The fourth-order valence-corrected chi connectivity index (χ4v) is 4.09. The van der Waals surface area contributed by atoms with Gasteiger partial charge in [-0.25, -0.2) is 0 Å². The van der Waals surface area contributed by atoms with E-state index in [2.05, 4.69) is 5.32 Å². The van der Waals surface area contributed by atoms with Gasteiger partial charge >= 0.3 is 0 Å². The van der Waals surface area contributed by atoms with Crippen molar-refractivity contribution in [1.82, 2.24) is 0 Å². The molecular formula is C28H24N2O2. The monoisotopic (exact) mass is 420 g/mol. The quantitative estimate of drug-likeness (QED) is 0.409. The van der Waals surface area contributed by atoms with Gasteiger partial charge in [0, 0.05) is 16.9 Å². The van der Waals surface area contributed by atoms with Crippen LogP contribution in [0.25, 0.3) is 0 Å². The number of nitrogens with one attached hydrogen (secondary N) is 1. The predicted octanol–water partition coefficient (Wildman–Crippen LogP) is 6.35. The average Bonchev–Trinajstić information content (AvgIpc) is 2.83. The second-order valence-electron chi connectivity index (χ2n) is 7.92. The highest BCUT2D eigenvalue weighted by Crippen LogP contribution is 2.39. The first kappa shape index (κ1) is 19.9. The molecule has 0 saturated carbocycles. The maximum absolute atomic E-state index is 13.6. The number of para-hydroxylation sites is 2. The van der Waals surface area contributed by atoms with Crippen LogP contribution in [-0.2, 0) is 6.61 Å². The number of nitrogens with zero attached hydrogens (tertiary/aromatic N) is 1. The Hall–Kier alpha value is -4.05. The van der Waals surface area contributed by atoms with Gasteiger partial charge in [0.2, 0.25) is 0 Å². The van der Waals surface area contributed by atoms with Gasteiger partial charge in [0.1, 0.15) is 18.5 Å². The van der Waals surface area contributed by atoms with Crippen molar-refractivity contribution >= 4 is 17.3 Å². The van der Waals surface area contributed by atoms with Crippen LogP contribution < -0.4 is 15.0 Å². The summed E-state index contributed by atoms with van der Waals surface area (Å²) in [5, 5.41) is 3.58. The summed E-state index contributed by atoms with van der Waals surface area (Å²) >= 11 is 0. The molecule has 1 aliphatic rings. The molecule has 4 aromatic rings. The fourth-order valence-electron chi connectivity index (χ4n) is 4.09. The predicted molar refractivity (Wildman–Crippen MR) is 128 cm³/mol. The van der Waals surface area contributed by atoms with E-state index in [4.69, 9.17) is 4.74 Å². The van der Waals surface area contributed by atoms with Crippen LogP contribution in [0.5, 0.6) is 5.75 Å². The number of fused-ring (bicyclic) bond motifs is 1. The van der Waals surface area contributed by atoms with Crippen LogP contribution >= 0.6 is 0 Å². The first-order chi connectivity index (χ1) is 15.7. The van der Waals surface area contributed by atoms with Gasteiger partial charge in [-0.2, -0.15) is 0 Å². The molecule has 5 rings (SSSR count). The number of rotatable bonds is 5. The molecule has 1 unspecified atom stereocenters. The van der Waals surface area contributed by atoms with Gasteiger partial charge in [-0.1, -0.05) is 72.8 Å². The van der Waals surface area contributed by atoms with Gasteiger partial charge in [0.05, 0.1) is 5.56 Å². The maximum atomic E-state index is 13.6. The number of ether oxygens (including phenoxy) is 1. The van der Waals surface area contributed by atoms with Crippen molar-refractivity contribution in [2.24, 2.45) is 0 Å². The first-order valence-electron chi connectivity index (χ1n) is 10.7. The Morgan fingerprint density at radius 2 is 1.59 bits per heavy atom. The normalized spacial score (nSPS) is 15.1. The molecule has 4 nitrogen and oxygen atoms in total. The van der Waals surface area contributed by atoms with Crippen molar-refractivity contribution in [2.45, 2.75) is 19.7 Å². The molecule has 1 amide bonds. The summed E-state index contributed by atoms with van der Waals surface area (Å²) in [7, 11) is 0. The summed E-state index contributed by atoms with van der Waals surface area (Å²) < 4.78 is 6.23. The molecule has 0 saturated heterocycles. The van der Waals surface area contributed by atoms with Gasteiger partial charge in [-0.15, -0.1) is 0 Å². The SMILES string of the molecule is Cc1cccc(N2C(=O)c3ccccc3NC2c2ccccc2OCc2ccccc2)c1. The number of benzene rings is 4. The molecule has 0 aromatic heterocycles. The molecule has 0 bridgehead atoms. The lowest BCUT2D eigenvalue weighted by atomic mass is 10.0. The standard InChI is InChI=1S/C28H24N2O2/c1-20-10-9-13-22(18-20)30-27(29-25-16-7-5-14-23(25)28(30)31)24-15-6-8-17-26(24)32-19-21-11-3-2-4-12-21/h2-18,27,29H,19H2,1H3. The molecule has 1 aliphatic heterocycles. The molecule has 0 spiro atoms. The second kappa shape index (κ2) is 8.60. The maximum Gasteiger partial charge on any atom is 0.262 e. The number of hydrogen-bond donors (Lipinski definition) is 1. The second-order valence-corrected chi connectivity index (χ2v) is 7.92. The number of hydrogen-bond acceptors (Lipinski definition) is 3. The number of carbonyl (C=O) groups excluding carboxylic acids is 1. The molecule has 0 fully saturated rings. The molecule has 32 heavy (non-hydrogen) atoms. The Balaban J connectivity index is 1.57. The van der Waals surface area contributed by atoms with E-state index in [1.807, 2.05) is 115 Å². The molecule has 158 valence electrons. The van der Waals surface area contributed by atoms with Crippen molar-refractivity contribution in [2.75, 3.05) is 10.2 Å². The number of anilines is 2. The third-order valence-corrected chi connectivity index (χ3v) is 5.66. The van der Waals surface area contributed by atoms with Crippen LogP contribution in [0, 0.1) is 6.92 Å². The van der Waals surface area contributed by atoms with Gasteiger partial charge in [-0.3, -0.25) is 9.69 Å². The van der Waals surface area contributed by atoms with Crippen molar-refractivity contribution in [3.63, 3.8) is 0 Å². The van der Waals surface area contributed by atoms with Crippen molar-refractivity contribution in [3.05, 3.63) is 125 Å². The van der Waals surface area contributed by atoms with E-state index < -0.39 is 6.17 Å².